The first-order valence-corrected chi connectivity index (χ1v) is 8.79. The first-order chi connectivity index (χ1) is 13.3. The van der Waals surface area contributed by atoms with Crippen LogP contribution in [-0.4, -0.2) is 11.8 Å². The number of hydrogen-bond donors (Lipinski definition) is 2. The van der Waals surface area contributed by atoms with Gasteiger partial charge in [0.25, 0.3) is 11.8 Å². The molecule has 2 heterocycles. The van der Waals surface area contributed by atoms with Crippen LogP contribution in [0.4, 0.5) is 18.9 Å². The number of thiophene rings is 1. The number of hydrogen-bond acceptors (Lipinski definition) is 4. The fraction of sp³-hybridized carbons (Fsp3) is 0.0526. The Labute approximate surface area is 161 Å². The molecule has 9 heteroatoms. The van der Waals surface area contributed by atoms with Crippen LogP contribution in [0.2, 0.25) is 0 Å². The third-order valence-electron chi connectivity index (χ3n) is 3.52. The van der Waals surface area contributed by atoms with Gasteiger partial charge in [0.2, 0.25) is 0 Å². The van der Waals surface area contributed by atoms with E-state index in [2.05, 4.69) is 10.6 Å². The van der Waals surface area contributed by atoms with Gasteiger partial charge in [-0.25, -0.2) is 0 Å². The highest BCUT2D eigenvalue weighted by molar-refractivity contribution is 7.10. The number of amides is 2. The Morgan fingerprint density at radius 2 is 1.89 bits per heavy atom. The highest BCUT2D eigenvalue weighted by Gasteiger charge is 2.30. The molecule has 0 bridgehead atoms. The lowest BCUT2D eigenvalue weighted by atomic mass is 10.2. The number of nitrogens with one attached hydrogen (secondary N) is 2. The molecule has 2 aromatic heterocycles. The minimum atomic E-state index is -4.54. The molecule has 0 saturated heterocycles. The Bertz CT molecular complexity index is 994. The molecule has 144 valence electrons. The van der Waals surface area contributed by atoms with Crippen molar-refractivity contribution < 1.29 is 27.2 Å². The molecule has 0 saturated carbocycles. The van der Waals surface area contributed by atoms with Gasteiger partial charge in [0.05, 0.1) is 11.8 Å². The van der Waals surface area contributed by atoms with Crippen LogP contribution in [-0.2, 0) is 11.0 Å². The molecule has 0 radical (unpaired) electrons. The highest BCUT2D eigenvalue weighted by atomic mass is 32.1. The van der Waals surface area contributed by atoms with Crippen molar-refractivity contribution in [1.82, 2.24) is 5.32 Å². The van der Waals surface area contributed by atoms with Gasteiger partial charge in [0.1, 0.15) is 5.70 Å². The molecule has 0 aliphatic rings. The molecular weight excluding hydrogens is 393 g/mol. The van der Waals surface area contributed by atoms with Crippen molar-refractivity contribution in [2.24, 2.45) is 0 Å². The minimum Gasteiger partial charge on any atom is -0.459 e. The van der Waals surface area contributed by atoms with E-state index in [1.54, 1.807) is 17.5 Å². The summed E-state index contributed by atoms with van der Waals surface area (Å²) in [5, 5.41) is 6.57. The molecule has 28 heavy (non-hydrogen) atoms. The van der Waals surface area contributed by atoms with E-state index in [0.717, 1.165) is 12.1 Å². The van der Waals surface area contributed by atoms with E-state index in [1.165, 1.54) is 47.9 Å². The standard InChI is InChI=1S/C19H13F3N2O3S/c20-19(21,22)12-4-1-5-13(10-12)23-17(25)15(11-14-6-3-9-28-14)24-18(26)16-7-2-8-27-16/h1-11H,(H,23,25)(H,24,26)/b15-11-. The van der Waals surface area contributed by atoms with E-state index in [4.69, 9.17) is 4.42 Å². The number of furan rings is 1. The minimum absolute atomic E-state index is 0.0102. The molecule has 0 atom stereocenters. The van der Waals surface area contributed by atoms with Crippen LogP contribution < -0.4 is 10.6 Å². The average Bonchev–Trinajstić information content (AvgIpc) is 3.34. The Kier molecular flexibility index (Phi) is 5.65. The molecule has 0 spiro atoms. The maximum atomic E-state index is 12.9. The monoisotopic (exact) mass is 406 g/mol. The van der Waals surface area contributed by atoms with Gasteiger partial charge in [-0.3, -0.25) is 9.59 Å². The summed E-state index contributed by atoms with van der Waals surface area (Å²) in [6, 6.07) is 10.6. The van der Waals surface area contributed by atoms with Gasteiger partial charge in [-0.15, -0.1) is 11.3 Å². The summed E-state index contributed by atoms with van der Waals surface area (Å²) in [4.78, 5) is 25.5. The van der Waals surface area contributed by atoms with E-state index in [0.29, 0.717) is 4.88 Å². The second-order valence-electron chi connectivity index (χ2n) is 5.54. The predicted octanol–water partition coefficient (Wildman–Crippen LogP) is 4.77. The number of rotatable bonds is 5. The molecule has 0 aliphatic carbocycles. The van der Waals surface area contributed by atoms with Crippen molar-refractivity contribution in [3.05, 3.63) is 82.1 Å². The number of alkyl halides is 3. The van der Waals surface area contributed by atoms with Crippen molar-refractivity contribution in [3.8, 4) is 0 Å². The van der Waals surface area contributed by atoms with Crippen LogP contribution in [0.5, 0.6) is 0 Å². The molecule has 0 aliphatic heterocycles. The number of carbonyl (C=O) groups is 2. The van der Waals surface area contributed by atoms with E-state index in [1.807, 2.05) is 0 Å². The second kappa shape index (κ2) is 8.13. The lowest BCUT2D eigenvalue weighted by Crippen LogP contribution is -2.30. The molecule has 0 fully saturated rings. The fourth-order valence-electron chi connectivity index (χ4n) is 2.24. The molecule has 0 unspecified atom stereocenters. The number of carbonyl (C=O) groups excluding carboxylic acids is 2. The number of anilines is 1. The van der Waals surface area contributed by atoms with Gasteiger partial charge < -0.3 is 15.1 Å². The van der Waals surface area contributed by atoms with Crippen molar-refractivity contribution in [1.29, 1.82) is 0 Å². The molecule has 5 nitrogen and oxygen atoms in total. The third kappa shape index (κ3) is 4.89. The summed E-state index contributed by atoms with van der Waals surface area (Å²) in [5.41, 5.74) is -1.08. The maximum absolute atomic E-state index is 12.9. The summed E-state index contributed by atoms with van der Waals surface area (Å²) in [6.45, 7) is 0. The second-order valence-corrected chi connectivity index (χ2v) is 6.52. The van der Waals surface area contributed by atoms with Crippen molar-refractivity contribution in [2.75, 3.05) is 5.32 Å². The van der Waals surface area contributed by atoms with E-state index >= 15 is 0 Å². The molecule has 1 aromatic carbocycles. The Balaban J connectivity index is 1.84. The normalized spacial score (nSPS) is 11.9. The average molecular weight is 406 g/mol. The summed E-state index contributed by atoms with van der Waals surface area (Å²) in [6.07, 6.45) is -1.81. The van der Waals surface area contributed by atoms with E-state index in [9.17, 15) is 22.8 Å². The lowest BCUT2D eigenvalue weighted by Gasteiger charge is -2.12. The summed E-state index contributed by atoms with van der Waals surface area (Å²) in [5.74, 6) is -1.44. The van der Waals surface area contributed by atoms with Gasteiger partial charge >= 0.3 is 6.18 Å². The largest absolute Gasteiger partial charge is 0.459 e. The lowest BCUT2D eigenvalue weighted by molar-refractivity contribution is -0.137. The zero-order chi connectivity index (χ0) is 20.1. The van der Waals surface area contributed by atoms with Crippen LogP contribution >= 0.6 is 11.3 Å². The fourth-order valence-corrected chi connectivity index (χ4v) is 2.89. The topological polar surface area (TPSA) is 71.3 Å². The zero-order valence-corrected chi connectivity index (χ0v) is 14.9. The molecule has 3 rings (SSSR count). The summed E-state index contributed by atoms with van der Waals surface area (Å²) < 4.78 is 43.6. The smallest absolute Gasteiger partial charge is 0.416 e. The quantitative estimate of drug-likeness (QED) is 0.600. The van der Waals surface area contributed by atoms with E-state index < -0.39 is 23.6 Å². The molecular formula is C19H13F3N2O3S. The van der Waals surface area contributed by atoms with Gasteiger partial charge in [-0.05, 0) is 47.9 Å². The maximum Gasteiger partial charge on any atom is 0.416 e. The molecule has 2 amide bonds. The first kappa shape index (κ1) is 19.4. The first-order valence-electron chi connectivity index (χ1n) is 7.91. The predicted molar refractivity (Wildman–Crippen MR) is 98.5 cm³/mol. The van der Waals surface area contributed by atoms with Gasteiger partial charge in [-0.2, -0.15) is 13.2 Å². The summed E-state index contributed by atoms with van der Waals surface area (Å²) >= 11 is 1.33. The molecule has 3 aromatic rings. The van der Waals surface area contributed by atoms with Gasteiger partial charge in [0, 0.05) is 10.6 Å². The summed E-state index contributed by atoms with van der Waals surface area (Å²) in [7, 11) is 0. The molecule has 2 N–H and O–H groups in total. The van der Waals surface area contributed by atoms with Crippen molar-refractivity contribution in [2.45, 2.75) is 6.18 Å². The Morgan fingerprint density at radius 3 is 2.54 bits per heavy atom. The third-order valence-corrected chi connectivity index (χ3v) is 4.33. The van der Waals surface area contributed by atoms with Crippen molar-refractivity contribution >= 4 is 34.9 Å². The van der Waals surface area contributed by atoms with Crippen LogP contribution in [0.15, 0.2) is 70.3 Å². The van der Waals surface area contributed by atoms with Gasteiger partial charge in [-0.1, -0.05) is 12.1 Å². The highest BCUT2D eigenvalue weighted by Crippen LogP contribution is 2.30. The SMILES string of the molecule is O=C(Nc1cccc(C(F)(F)F)c1)/C(=C/c1cccs1)NC(=O)c1ccco1. The van der Waals surface area contributed by atoms with Crippen LogP contribution in [0.1, 0.15) is 21.0 Å². The van der Waals surface area contributed by atoms with Crippen molar-refractivity contribution in [3.63, 3.8) is 0 Å². The van der Waals surface area contributed by atoms with E-state index in [-0.39, 0.29) is 17.1 Å². The Morgan fingerprint density at radius 1 is 1.07 bits per heavy atom. The zero-order valence-electron chi connectivity index (χ0n) is 14.1. The van der Waals surface area contributed by atoms with Crippen LogP contribution in [0, 0.1) is 0 Å². The van der Waals surface area contributed by atoms with Gasteiger partial charge in [0.15, 0.2) is 5.76 Å². The van der Waals surface area contributed by atoms with Crippen LogP contribution in [0.3, 0.4) is 0 Å². The van der Waals surface area contributed by atoms with Crippen LogP contribution in [0.25, 0.3) is 6.08 Å². The Hall–Kier alpha value is -3.33. The number of benzene rings is 1. The number of halogens is 3.